The predicted octanol–water partition coefficient (Wildman–Crippen LogP) is 3.22. The summed E-state index contributed by atoms with van der Waals surface area (Å²) < 4.78 is 43.0. The lowest BCUT2D eigenvalue weighted by Crippen LogP contribution is -2.55. The molecule has 150 valence electrons. The second-order valence-corrected chi connectivity index (χ2v) is 6.96. The van der Waals surface area contributed by atoms with Crippen molar-refractivity contribution >= 4 is 18.7 Å². The van der Waals surface area contributed by atoms with Gasteiger partial charge in [-0.1, -0.05) is 18.2 Å². The van der Waals surface area contributed by atoms with E-state index in [0.717, 1.165) is 18.6 Å². The van der Waals surface area contributed by atoms with Gasteiger partial charge in [0.25, 0.3) is 0 Å². The maximum absolute atomic E-state index is 14.6. The monoisotopic (exact) mass is 409 g/mol. The first-order valence-electron chi connectivity index (χ1n) is 9.02. The minimum Gasteiger partial charge on any atom is -0.338 e. The second-order valence-electron chi connectivity index (χ2n) is 6.96. The van der Waals surface area contributed by atoms with E-state index in [0.29, 0.717) is 19.5 Å². The number of benzene rings is 2. The Morgan fingerprint density at radius 2 is 1.68 bits per heavy atom. The molecule has 1 aliphatic heterocycles. The number of halogens is 3. The average Bonchev–Trinajstić information content (AvgIpc) is 3.43. The quantitative estimate of drug-likeness (QED) is 0.679. The van der Waals surface area contributed by atoms with E-state index in [1.165, 1.54) is 24.3 Å². The molecule has 4 N–H and O–H groups in total. The summed E-state index contributed by atoms with van der Waals surface area (Å²) in [6, 6.07) is 7.82. The number of amides is 1. The second kappa shape index (κ2) is 8.55. The molecule has 4 rings (SSSR count). The van der Waals surface area contributed by atoms with Gasteiger partial charge in [-0.2, -0.15) is 0 Å². The van der Waals surface area contributed by atoms with Crippen LogP contribution in [0.25, 0.3) is 11.1 Å². The number of hydrogen-bond donors (Lipinski definition) is 3. The molecule has 2 unspecified atom stereocenters. The molecule has 1 amide bonds. The van der Waals surface area contributed by atoms with Crippen molar-refractivity contribution in [1.29, 1.82) is 0 Å². The van der Waals surface area contributed by atoms with Crippen molar-refractivity contribution in [3.8, 4) is 11.1 Å². The van der Waals surface area contributed by atoms with Gasteiger partial charge in [0.2, 0.25) is 5.91 Å². The number of thiol groups is 1. The number of carbonyl (C=O) groups is 1. The van der Waals surface area contributed by atoms with Gasteiger partial charge in [0, 0.05) is 25.0 Å². The number of carbonyl (C=O) groups excluding carboxylic acids is 1. The fraction of sp³-hybridized carbons (Fsp3) is 0.350. The van der Waals surface area contributed by atoms with Crippen LogP contribution in [0.3, 0.4) is 0 Å². The van der Waals surface area contributed by atoms with Gasteiger partial charge in [0.05, 0.1) is 5.56 Å². The van der Waals surface area contributed by atoms with Crippen LogP contribution in [-0.4, -0.2) is 29.9 Å². The molecule has 1 saturated heterocycles. The molecule has 2 aromatic rings. The highest BCUT2D eigenvalue weighted by Gasteiger charge is 2.50. The zero-order valence-electron chi connectivity index (χ0n) is 15.1. The molecule has 4 nitrogen and oxygen atoms in total. The van der Waals surface area contributed by atoms with Crippen LogP contribution in [0.1, 0.15) is 24.3 Å². The van der Waals surface area contributed by atoms with Crippen molar-refractivity contribution in [2.45, 2.75) is 24.8 Å². The molecular formula is C20H22F3N3OS. The van der Waals surface area contributed by atoms with Crippen molar-refractivity contribution < 1.29 is 18.0 Å². The van der Waals surface area contributed by atoms with E-state index in [2.05, 4.69) is 18.0 Å². The molecule has 0 spiro atoms. The first-order valence-corrected chi connectivity index (χ1v) is 9.53. The third-order valence-corrected chi connectivity index (χ3v) is 5.46. The molecule has 3 atom stereocenters. The topological polar surface area (TPSA) is 72.3 Å². The highest BCUT2D eigenvalue weighted by Crippen LogP contribution is 2.53. The smallest absolute Gasteiger partial charge is 0.226 e. The lowest BCUT2D eigenvalue weighted by Gasteiger charge is -2.40. The van der Waals surface area contributed by atoms with Crippen LogP contribution in [0.2, 0.25) is 0 Å². The number of hydrogen-bond acceptors (Lipinski definition) is 4. The summed E-state index contributed by atoms with van der Waals surface area (Å²) in [7, 11) is 0. The van der Waals surface area contributed by atoms with Crippen LogP contribution < -0.4 is 10.9 Å². The van der Waals surface area contributed by atoms with Gasteiger partial charge >= 0.3 is 0 Å². The zero-order chi connectivity index (χ0) is 20.4. The van der Waals surface area contributed by atoms with Gasteiger partial charge in [-0.15, -0.1) is 12.8 Å². The van der Waals surface area contributed by atoms with Crippen molar-refractivity contribution in [3.63, 3.8) is 0 Å². The van der Waals surface area contributed by atoms with E-state index in [4.69, 9.17) is 5.73 Å². The minimum absolute atomic E-state index is 0.0418. The van der Waals surface area contributed by atoms with Gasteiger partial charge in [-0.3, -0.25) is 9.93 Å². The summed E-state index contributed by atoms with van der Waals surface area (Å²) in [5, 5.41) is 4.19. The van der Waals surface area contributed by atoms with E-state index in [9.17, 15) is 18.0 Å². The van der Waals surface area contributed by atoms with E-state index in [1.807, 2.05) is 0 Å². The van der Waals surface area contributed by atoms with Gasteiger partial charge in [-0.25, -0.2) is 13.2 Å². The molecule has 0 aromatic heterocycles. The summed E-state index contributed by atoms with van der Waals surface area (Å²) in [6.45, 7) is 1.07. The number of nitrogens with two attached hydrogens (primary N) is 2. The van der Waals surface area contributed by atoms with Gasteiger partial charge < -0.3 is 10.6 Å². The fourth-order valence-corrected chi connectivity index (χ4v) is 3.86. The molecule has 8 heteroatoms. The van der Waals surface area contributed by atoms with Crippen LogP contribution in [0.5, 0.6) is 0 Å². The van der Waals surface area contributed by atoms with Crippen LogP contribution in [0.4, 0.5) is 13.2 Å². The summed E-state index contributed by atoms with van der Waals surface area (Å²) in [5.74, 6) is -2.78. The van der Waals surface area contributed by atoms with E-state index < -0.39 is 17.5 Å². The molecule has 0 bridgehead atoms. The van der Waals surface area contributed by atoms with Gasteiger partial charge in [-0.05, 0) is 48.1 Å². The Hall–Kier alpha value is -2.03. The summed E-state index contributed by atoms with van der Waals surface area (Å²) in [6.07, 6.45) is 1.36. The third kappa shape index (κ3) is 3.64. The Labute approximate surface area is 167 Å². The average molecular weight is 409 g/mol. The van der Waals surface area contributed by atoms with Crippen LogP contribution >= 0.6 is 12.8 Å². The maximum atomic E-state index is 14.6. The highest BCUT2D eigenvalue weighted by molar-refractivity contribution is 7.77. The Morgan fingerprint density at radius 3 is 2.25 bits per heavy atom. The van der Waals surface area contributed by atoms with Crippen molar-refractivity contribution in [2.24, 2.45) is 16.8 Å². The van der Waals surface area contributed by atoms with Crippen molar-refractivity contribution in [3.05, 3.63) is 59.4 Å². The van der Waals surface area contributed by atoms with E-state index in [1.54, 1.807) is 4.90 Å². The Morgan fingerprint density at radius 1 is 1.07 bits per heavy atom. The maximum Gasteiger partial charge on any atom is 0.226 e. The molecule has 1 aliphatic carbocycles. The van der Waals surface area contributed by atoms with Gasteiger partial charge in [0.15, 0.2) is 0 Å². The predicted molar refractivity (Wildman–Crippen MR) is 105 cm³/mol. The number of likely N-dealkylation sites (tertiary alicyclic amines) is 1. The molecule has 1 heterocycles. The molecule has 1 saturated carbocycles. The number of rotatable bonds is 4. The molecule has 2 aliphatic rings. The van der Waals surface area contributed by atoms with Gasteiger partial charge in [0.1, 0.15) is 17.5 Å². The Balaban J connectivity index is 0.00000109. The fourth-order valence-electron chi connectivity index (χ4n) is 3.86. The van der Waals surface area contributed by atoms with E-state index in [-0.39, 0.29) is 40.5 Å². The summed E-state index contributed by atoms with van der Waals surface area (Å²) in [4.78, 5) is 14.4. The summed E-state index contributed by atoms with van der Waals surface area (Å²) in [5.41, 5.74) is 5.80. The molecular weight excluding hydrogens is 387 g/mol. The lowest BCUT2D eigenvalue weighted by molar-refractivity contribution is -0.140. The molecule has 2 aromatic carbocycles. The first kappa shape index (κ1) is 20.7. The lowest BCUT2D eigenvalue weighted by atomic mass is 9.94. The van der Waals surface area contributed by atoms with Crippen LogP contribution in [0, 0.1) is 23.4 Å². The van der Waals surface area contributed by atoms with Crippen molar-refractivity contribution in [1.82, 2.24) is 4.90 Å². The first-order chi connectivity index (χ1) is 13.5. The van der Waals surface area contributed by atoms with E-state index >= 15 is 0 Å². The zero-order valence-corrected chi connectivity index (χ0v) is 16.0. The van der Waals surface area contributed by atoms with Crippen LogP contribution in [0.15, 0.2) is 36.4 Å². The normalized spacial score (nSPS) is 22.8. The minimum atomic E-state index is -0.744. The molecule has 28 heavy (non-hydrogen) atoms. The molecule has 2 fully saturated rings. The summed E-state index contributed by atoms with van der Waals surface area (Å²) >= 11 is 3.03. The highest BCUT2D eigenvalue weighted by atomic mass is 32.1. The largest absolute Gasteiger partial charge is 0.338 e. The SMILES string of the molecule is NC[C@@H]1CCN1C(=O)C1CC1c1c(F)cccc1-c1c(F)cccc1F.NS. The molecule has 0 radical (unpaired) electrons. The Kier molecular flexibility index (Phi) is 6.32. The van der Waals surface area contributed by atoms with Crippen LogP contribution in [-0.2, 0) is 4.79 Å². The van der Waals surface area contributed by atoms with Crippen molar-refractivity contribution in [2.75, 3.05) is 13.1 Å². The standard InChI is InChI=1S/C20H19F3N2O.H3NS/c21-15-4-1-3-12(19-16(22)5-2-6-17(19)23)18(15)13-9-14(13)20(26)25-8-7-11(25)10-24;1-2/h1-6,11,13-14H,7-10,24H2;2H,1H2/t11-,13?,14?;/m0./s1. The number of nitrogens with zero attached hydrogens (tertiary/aromatic N) is 1. The third-order valence-electron chi connectivity index (χ3n) is 5.46. The Bertz CT molecular complexity index is 858.